The summed E-state index contributed by atoms with van der Waals surface area (Å²) in [5.74, 6) is -0.518. The molecule has 1 amide bonds. The van der Waals surface area contributed by atoms with Crippen LogP contribution in [0.15, 0.2) is 53.1 Å². The third kappa shape index (κ3) is 5.26. The Morgan fingerprint density at radius 2 is 1.87 bits per heavy atom. The van der Waals surface area contributed by atoms with Gasteiger partial charge in [-0.15, -0.1) is 0 Å². The van der Waals surface area contributed by atoms with Crippen molar-refractivity contribution in [3.05, 3.63) is 65.8 Å². The number of rotatable bonds is 7. The largest absolute Gasteiger partial charge is 0.337 e. The molecule has 0 saturated carbocycles. The second kappa shape index (κ2) is 8.84. The van der Waals surface area contributed by atoms with E-state index >= 15 is 0 Å². The SMILES string of the molecule is Cc1ccc(-c2noc(CN(C)C(=O)[C@H](C)N(c3cccc(F)c3)S(C)(=O)=O)n2)cc1. The van der Waals surface area contributed by atoms with E-state index in [-0.39, 0.29) is 18.1 Å². The molecule has 164 valence electrons. The lowest BCUT2D eigenvalue weighted by Crippen LogP contribution is -2.48. The van der Waals surface area contributed by atoms with E-state index in [1.165, 1.54) is 37.1 Å². The number of hydrogen-bond donors (Lipinski definition) is 0. The topological polar surface area (TPSA) is 96.6 Å². The maximum Gasteiger partial charge on any atom is 0.246 e. The van der Waals surface area contributed by atoms with Crippen molar-refractivity contribution >= 4 is 21.6 Å². The average Bonchev–Trinajstić information content (AvgIpc) is 3.15. The molecule has 0 aliphatic carbocycles. The van der Waals surface area contributed by atoms with Crippen LogP contribution in [0.2, 0.25) is 0 Å². The van der Waals surface area contributed by atoms with Crippen molar-refractivity contribution in [3.63, 3.8) is 0 Å². The zero-order chi connectivity index (χ0) is 22.8. The van der Waals surface area contributed by atoms with Crippen molar-refractivity contribution < 1.29 is 22.1 Å². The lowest BCUT2D eigenvalue weighted by Gasteiger charge is -2.30. The summed E-state index contributed by atoms with van der Waals surface area (Å²) in [5.41, 5.74) is 1.94. The molecular formula is C21H23FN4O4S. The van der Waals surface area contributed by atoms with Gasteiger partial charge in [0.2, 0.25) is 27.6 Å². The second-order valence-electron chi connectivity index (χ2n) is 7.29. The highest BCUT2D eigenvalue weighted by atomic mass is 32.2. The molecular weight excluding hydrogens is 423 g/mol. The summed E-state index contributed by atoms with van der Waals surface area (Å²) >= 11 is 0. The summed E-state index contributed by atoms with van der Waals surface area (Å²) in [7, 11) is -2.35. The van der Waals surface area contributed by atoms with Gasteiger partial charge in [0.25, 0.3) is 0 Å². The average molecular weight is 447 g/mol. The molecule has 0 fully saturated rings. The van der Waals surface area contributed by atoms with E-state index < -0.39 is 27.8 Å². The molecule has 0 radical (unpaired) electrons. The molecule has 0 unspecified atom stereocenters. The van der Waals surface area contributed by atoms with E-state index in [1.54, 1.807) is 0 Å². The highest BCUT2D eigenvalue weighted by molar-refractivity contribution is 7.92. The maximum absolute atomic E-state index is 13.6. The summed E-state index contributed by atoms with van der Waals surface area (Å²) in [6.07, 6.45) is 0.966. The van der Waals surface area contributed by atoms with E-state index in [0.717, 1.165) is 27.8 Å². The fourth-order valence-corrected chi connectivity index (χ4v) is 4.32. The van der Waals surface area contributed by atoms with Crippen molar-refractivity contribution in [2.75, 3.05) is 17.6 Å². The quantitative estimate of drug-likeness (QED) is 0.554. The van der Waals surface area contributed by atoms with Gasteiger partial charge in [-0.25, -0.2) is 12.8 Å². The smallest absolute Gasteiger partial charge is 0.246 e. The lowest BCUT2D eigenvalue weighted by atomic mass is 10.1. The van der Waals surface area contributed by atoms with Crippen LogP contribution in [0.3, 0.4) is 0 Å². The molecule has 10 heteroatoms. The summed E-state index contributed by atoms with van der Waals surface area (Å²) in [5, 5.41) is 3.93. The van der Waals surface area contributed by atoms with Crippen LogP contribution in [-0.2, 0) is 21.4 Å². The number of aromatic nitrogens is 2. The van der Waals surface area contributed by atoms with Crippen molar-refractivity contribution in [2.45, 2.75) is 26.4 Å². The number of aryl methyl sites for hydroxylation is 1. The Morgan fingerprint density at radius 3 is 2.48 bits per heavy atom. The van der Waals surface area contributed by atoms with Gasteiger partial charge in [-0.2, -0.15) is 4.98 Å². The zero-order valence-corrected chi connectivity index (χ0v) is 18.4. The normalized spacial score (nSPS) is 12.4. The molecule has 0 N–H and O–H groups in total. The van der Waals surface area contributed by atoms with Crippen LogP contribution < -0.4 is 4.31 Å². The molecule has 1 aromatic heterocycles. The van der Waals surface area contributed by atoms with E-state index in [0.29, 0.717) is 5.82 Å². The van der Waals surface area contributed by atoms with Crippen LogP contribution in [0.25, 0.3) is 11.4 Å². The minimum atomic E-state index is -3.85. The Bertz CT molecular complexity index is 1180. The number of halogens is 1. The first-order valence-electron chi connectivity index (χ1n) is 9.46. The van der Waals surface area contributed by atoms with Crippen LogP contribution in [0.4, 0.5) is 10.1 Å². The minimum absolute atomic E-state index is 0.0111. The first kappa shape index (κ1) is 22.4. The summed E-state index contributed by atoms with van der Waals surface area (Å²) in [4.78, 5) is 18.5. The van der Waals surface area contributed by atoms with Gasteiger partial charge in [-0.3, -0.25) is 9.10 Å². The van der Waals surface area contributed by atoms with E-state index in [2.05, 4.69) is 10.1 Å². The predicted octanol–water partition coefficient (Wildman–Crippen LogP) is 3.00. The number of sulfonamides is 1. The number of anilines is 1. The number of likely N-dealkylation sites (N-methyl/N-ethyl adjacent to an activating group) is 1. The molecule has 1 heterocycles. The van der Waals surface area contributed by atoms with Gasteiger partial charge in [-0.05, 0) is 32.0 Å². The Morgan fingerprint density at radius 1 is 1.19 bits per heavy atom. The number of carbonyl (C=O) groups is 1. The molecule has 2 aromatic carbocycles. The predicted molar refractivity (Wildman–Crippen MR) is 114 cm³/mol. The van der Waals surface area contributed by atoms with E-state index in [4.69, 9.17) is 4.52 Å². The van der Waals surface area contributed by atoms with Crippen molar-refractivity contribution in [1.82, 2.24) is 15.0 Å². The van der Waals surface area contributed by atoms with Crippen LogP contribution >= 0.6 is 0 Å². The summed E-state index contributed by atoms with van der Waals surface area (Å²) in [6.45, 7) is 3.40. The Labute approximate surface area is 180 Å². The number of nitrogens with zero attached hydrogens (tertiary/aromatic N) is 4. The Kier molecular flexibility index (Phi) is 6.40. The monoisotopic (exact) mass is 446 g/mol. The zero-order valence-electron chi connectivity index (χ0n) is 17.6. The lowest BCUT2D eigenvalue weighted by molar-refractivity contribution is -0.131. The number of benzene rings is 2. The van der Waals surface area contributed by atoms with Gasteiger partial charge in [-0.1, -0.05) is 41.1 Å². The molecule has 3 aromatic rings. The van der Waals surface area contributed by atoms with E-state index in [9.17, 15) is 17.6 Å². The van der Waals surface area contributed by atoms with Crippen LogP contribution in [-0.4, -0.2) is 48.7 Å². The number of amides is 1. The van der Waals surface area contributed by atoms with Gasteiger partial charge in [0.05, 0.1) is 18.5 Å². The molecule has 1 atom stereocenters. The Balaban J connectivity index is 1.77. The van der Waals surface area contributed by atoms with Gasteiger partial charge < -0.3 is 9.42 Å². The molecule has 0 spiro atoms. The molecule has 0 bridgehead atoms. The number of carbonyl (C=O) groups excluding carboxylic acids is 1. The Hall–Kier alpha value is -3.27. The molecule has 8 nitrogen and oxygen atoms in total. The molecule has 3 rings (SSSR count). The fourth-order valence-electron chi connectivity index (χ4n) is 3.15. The van der Waals surface area contributed by atoms with Crippen LogP contribution in [0, 0.1) is 12.7 Å². The minimum Gasteiger partial charge on any atom is -0.337 e. The highest BCUT2D eigenvalue weighted by Crippen LogP contribution is 2.23. The van der Waals surface area contributed by atoms with Crippen LogP contribution in [0.1, 0.15) is 18.4 Å². The van der Waals surface area contributed by atoms with Crippen molar-refractivity contribution in [3.8, 4) is 11.4 Å². The summed E-state index contributed by atoms with van der Waals surface area (Å²) in [6, 6.07) is 11.5. The second-order valence-corrected chi connectivity index (χ2v) is 9.15. The maximum atomic E-state index is 13.6. The van der Waals surface area contributed by atoms with Crippen molar-refractivity contribution in [2.24, 2.45) is 0 Å². The van der Waals surface area contributed by atoms with Gasteiger partial charge in [0.1, 0.15) is 11.9 Å². The first-order valence-corrected chi connectivity index (χ1v) is 11.3. The highest BCUT2D eigenvalue weighted by Gasteiger charge is 2.31. The van der Waals surface area contributed by atoms with Gasteiger partial charge >= 0.3 is 0 Å². The standard InChI is InChI=1S/C21H23FN4O4S/c1-14-8-10-16(11-9-14)20-23-19(30-24-20)13-25(3)21(27)15(2)26(31(4,28)29)18-7-5-6-17(22)12-18/h5-12,15H,13H2,1-4H3/t15-/m0/s1. The third-order valence-electron chi connectivity index (χ3n) is 4.66. The van der Waals surface area contributed by atoms with E-state index in [1.807, 2.05) is 31.2 Å². The molecule has 31 heavy (non-hydrogen) atoms. The summed E-state index contributed by atoms with van der Waals surface area (Å²) < 4.78 is 44.5. The number of hydrogen-bond acceptors (Lipinski definition) is 6. The third-order valence-corrected chi connectivity index (χ3v) is 5.90. The molecule has 0 aliphatic heterocycles. The molecule has 0 aliphatic rings. The van der Waals surface area contributed by atoms with Crippen LogP contribution in [0.5, 0.6) is 0 Å². The molecule has 0 saturated heterocycles. The first-order chi connectivity index (χ1) is 14.6. The fraction of sp³-hybridized carbons (Fsp3) is 0.286. The van der Waals surface area contributed by atoms with Crippen molar-refractivity contribution in [1.29, 1.82) is 0 Å². The van der Waals surface area contributed by atoms with Gasteiger partial charge in [0, 0.05) is 12.6 Å². The van der Waals surface area contributed by atoms with Gasteiger partial charge in [0.15, 0.2) is 0 Å².